The molecule has 0 saturated carbocycles. The highest BCUT2D eigenvalue weighted by atomic mass is 16.1. The molecule has 0 radical (unpaired) electrons. The molecule has 2 nitrogen and oxygen atoms in total. The second kappa shape index (κ2) is 9.41. The molecule has 0 aliphatic heterocycles. The Morgan fingerprint density at radius 3 is 2.73 bits per heavy atom. The van der Waals surface area contributed by atoms with Crippen molar-refractivity contribution in [2.75, 3.05) is 0 Å². The number of nitrogens with two attached hydrogens (primary N) is 1. The van der Waals surface area contributed by atoms with Gasteiger partial charge in [-0.3, -0.25) is 4.79 Å². The standard InChI is InChI=1S/C13H21NO/c1-3-4-9-13(11-15)10-7-5-6-8-12(2)14/h3-4,7,9-12H,5-6,8,14H2,1-2H3/b4-3-,10-7+,13-9+. The van der Waals surface area contributed by atoms with Gasteiger partial charge in [0, 0.05) is 11.6 Å². The van der Waals surface area contributed by atoms with E-state index in [0.717, 1.165) is 25.5 Å². The lowest BCUT2D eigenvalue weighted by molar-refractivity contribution is -0.104. The van der Waals surface area contributed by atoms with Gasteiger partial charge in [-0.25, -0.2) is 0 Å². The van der Waals surface area contributed by atoms with E-state index in [9.17, 15) is 4.79 Å². The summed E-state index contributed by atoms with van der Waals surface area (Å²) in [6.07, 6.45) is 13.4. The Labute approximate surface area is 92.6 Å². The van der Waals surface area contributed by atoms with Gasteiger partial charge in [-0.1, -0.05) is 30.4 Å². The average molecular weight is 207 g/mol. The normalized spacial score (nSPS) is 15.0. The first-order chi connectivity index (χ1) is 7.20. The van der Waals surface area contributed by atoms with Crippen molar-refractivity contribution in [1.29, 1.82) is 0 Å². The van der Waals surface area contributed by atoms with Gasteiger partial charge in [0.05, 0.1) is 0 Å². The zero-order valence-electron chi connectivity index (χ0n) is 9.65. The molecular weight excluding hydrogens is 186 g/mol. The van der Waals surface area contributed by atoms with E-state index in [1.54, 1.807) is 6.08 Å². The molecule has 0 fully saturated rings. The summed E-state index contributed by atoms with van der Waals surface area (Å²) in [7, 11) is 0. The Balaban J connectivity index is 3.87. The third-order valence-electron chi connectivity index (χ3n) is 1.96. The number of aldehydes is 1. The van der Waals surface area contributed by atoms with Crippen molar-refractivity contribution >= 4 is 6.29 Å². The molecule has 0 saturated heterocycles. The Morgan fingerprint density at radius 1 is 1.47 bits per heavy atom. The monoisotopic (exact) mass is 207 g/mol. The summed E-state index contributed by atoms with van der Waals surface area (Å²) in [5.41, 5.74) is 6.33. The summed E-state index contributed by atoms with van der Waals surface area (Å²) in [6, 6.07) is 0.266. The van der Waals surface area contributed by atoms with Crippen LogP contribution in [0.3, 0.4) is 0 Å². The second-order valence-electron chi connectivity index (χ2n) is 3.62. The molecule has 1 unspecified atom stereocenters. The van der Waals surface area contributed by atoms with Crippen LogP contribution < -0.4 is 5.73 Å². The molecule has 2 N–H and O–H groups in total. The highest BCUT2D eigenvalue weighted by Crippen LogP contribution is 2.01. The van der Waals surface area contributed by atoms with E-state index in [1.807, 2.05) is 38.2 Å². The van der Waals surface area contributed by atoms with Gasteiger partial charge >= 0.3 is 0 Å². The SMILES string of the molecule is C\C=C/C=C(C=O)\C=C\CCCC(C)N. The smallest absolute Gasteiger partial charge is 0.150 e. The van der Waals surface area contributed by atoms with Crippen LogP contribution in [0.2, 0.25) is 0 Å². The minimum atomic E-state index is 0.266. The molecule has 1 atom stereocenters. The molecule has 0 aromatic carbocycles. The molecular formula is C13H21NO. The minimum absolute atomic E-state index is 0.266. The molecule has 84 valence electrons. The van der Waals surface area contributed by atoms with Crippen LogP contribution in [0, 0.1) is 0 Å². The Morgan fingerprint density at radius 2 is 2.20 bits per heavy atom. The highest BCUT2D eigenvalue weighted by molar-refractivity contribution is 5.77. The van der Waals surface area contributed by atoms with Crippen molar-refractivity contribution in [3.8, 4) is 0 Å². The van der Waals surface area contributed by atoms with Crippen molar-refractivity contribution in [2.24, 2.45) is 5.73 Å². The van der Waals surface area contributed by atoms with Crippen LogP contribution in [-0.4, -0.2) is 12.3 Å². The van der Waals surface area contributed by atoms with Gasteiger partial charge < -0.3 is 5.73 Å². The summed E-state index contributed by atoms with van der Waals surface area (Å²) in [4.78, 5) is 10.6. The second-order valence-corrected chi connectivity index (χ2v) is 3.62. The zero-order chi connectivity index (χ0) is 11.5. The van der Waals surface area contributed by atoms with E-state index < -0.39 is 0 Å². The maximum atomic E-state index is 10.6. The molecule has 2 heteroatoms. The fourth-order valence-corrected chi connectivity index (χ4v) is 1.12. The molecule has 0 aromatic rings. The summed E-state index contributed by atoms with van der Waals surface area (Å²) in [5.74, 6) is 0. The number of unbranched alkanes of at least 4 members (excludes halogenated alkanes) is 1. The number of allylic oxidation sites excluding steroid dienone is 6. The Bertz CT molecular complexity index is 249. The van der Waals surface area contributed by atoms with E-state index in [2.05, 4.69) is 0 Å². The van der Waals surface area contributed by atoms with Gasteiger partial charge in [0.2, 0.25) is 0 Å². The van der Waals surface area contributed by atoms with Crippen molar-refractivity contribution in [2.45, 2.75) is 39.2 Å². The van der Waals surface area contributed by atoms with Gasteiger partial charge in [-0.2, -0.15) is 0 Å². The van der Waals surface area contributed by atoms with Crippen LogP contribution in [0.25, 0.3) is 0 Å². The molecule has 0 spiro atoms. The largest absolute Gasteiger partial charge is 0.328 e. The van der Waals surface area contributed by atoms with Crippen molar-refractivity contribution in [3.63, 3.8) is 0 Å². The molecule has 0 rings (SSSR count). The summed E-state index contributed by atoms with van der Waals surface area (Å²) in [6.45, 7) is 3.93. The minimum Gasteiger partial charge on any atom is -0.328 e. The van der Waals surface area contributed by atoms with Crippen molar-refractivity contribution in [3.05, 3.63) is 36.0 Å². The molecule has 0 bridgehead atoms. The summed E-state index contributed by atoms with van der Waals surface area (Å²) >= 11 is 0. The van der Waals surface area contributed by atoms with Crippen molar-refractivity contribution < 1.29 is 4.79 Å². The van der Waals surface area contributed by atoms with Gasteiger partial charge in [0.25, 0.3) is 0 Å². The molecule has 0 aromatic heterocycles. The third kappa shape index (κ3) is 9.16. The van der Waals surface area contributed by atoms with E-state index in [-0.39, 0.29) is 6.04 Å². The van der Waals surface area contributed by atoms with E-state index >= 15 is 0 Å². The number of carbonyl (C=O) groups is 1. The third-order valence-corrected chi connectivity index (χ3v) is 1.96. The topological polar surface area (TPSA) is 43.1 Å². The number of rotatable bonds is 7. The molecule has 0 heterocycles. The predicted octanol–water partition coefficient (Wildman–Crippen LogP) is 2.76. The van der Waals surface area contributed by atoms with Gasteiger partial charge in [0.15, 0.2) is 0 Å². The number of hydrogen-bond acceptors (Lipinski definition) is 2. The first-order valence-electron chi connectivity index (χ1n) is 5.41. The number of carbonyl (C=O) groups excluding carboxylic acids is 1. The van der Waals surface area contributed by atoms with Crippen molar-refractivity contribution in [1.82, 2.24) is 0 Å². The first kappa shape index (κ1) is 13.8. The lowest BCUT2D eigenvalue weighted by Gasteiger charge is -2.00. The Hall–Kier alpha value is -1.15. The van der Waals surface area contributed by atoms with Crippen LogP contribution in [-0.2, 0) is 4.79 Å². The fraction of sp³-hybridized carbons (Fsp3) is 0.462. The lowest BCUT2D eigenvalue weighted by Crippen LogP contribution is -2.13. The maximum Gasteiger partial charge on any atom is 0.150 e. The summed E-state index contributed by atoms with van der Waals surface area (Å²) < 4.78 is 0. The maximum absolute atomic E-state index is 10.6. The van der Waals surface area contributed by atoms with E-state index in [1.165, 1.54) is 0 Å². The van der Waals surface area contributed by atoms with Crippen LogP contribution >= 0.6 is 0 Å². The van der Waals surface area contributed by atoms with Gasteiger partial charge in [-0.05, 0) is 33.1 Å². The van der Waals surface area contributed by atoms with E-state index in [0.29, 0.717) is 5.57 Å². The first-order valence-corrected chi connectivity index (χ1v) is 5.41. The lowest BCUT2D eigenvalue weighted by atomic mass is 10.1. The van der Waals surface area contributed by atoms with Crippen LogP contribution in [0.5, 0.6) is 0 Å². The molecule has 0 aliphatic carbocycles. The molecule has 0 amide bonds. The van der Waals surface area contributed by atoms with Crippen LogP contribution in [0.15, 0.2) is 36.0 Å². The quantitative estimate of drug-likeness (QED) is 0.302. The number of hydrogen-bond donors (Lipinski definition) is 1. The van der Waals surface area contributed by atoms with E-state index in [4.69, 9.17) is 5.73 Å². The average Bonchev–Trinajstić information content (AvgIpc) is 2.21. The fourth-order valence-electron chi connectivity index (χ4n) is 1.12. The predicted molar refractivity (Wildman–Crippen MR) is 65.6 cm³/mol. The van der Waals surface area contributed by atoms with Crippen LogP contribution in [0.1, 0.15) is 33.1 Å². The van der Waals surface area contributed by atoms with Crippen LogP contribution in [0.4, 0.5) is 0 Å². The molecule has 0 aliphatic rings. The van der Waals surface area contributed by atoms with Gasteiger partial charge in [-0.15, -0.1) is 0 Å². The molecule has 15 heavy (non-hydrogen) atoms. The Kier molecular flexibility index (Phi) is 8.69. The highest BCUT2D eigenvalue weighted by Gasteiger charge is 1.91. The zero-order valence-corrected chi connectivity index (χ0v) is 9.65. The van der Waals surface area contributed by atoms with Gasteiger partial charge in [0.1, 0.15) is 6.29 Å². The summed E-state index contributed by atoms with van der Waals surface area (Å²) in [5, 5.41) is 0.